The Bertz CT molecular complexity index is 447. The summed E-state index contributed by atoms with van der Waals surface area (Å²) >= 11 is 18.1. The van der Waals surface area contributed by atoms with Crippen molar-refractivity contribution in [2.24, 2.45) is 11.8 Å². The van der Waals surface area contributed by atoms with Gasteiger partial charge in [0.2, 0.25) is 0 Å². The Morgan fingerprint density at radius 2 is 1.71 bits per heavy atom. The van der Waals surface area contributed by atoms with Gasteiger partial charge in [0.1, 0.15) is 0 Å². The van der Waals surface area contributed by atoms with Crippen LogP contribution in [0.15, 0.2) is 12.1 Å². The van der Waals surface area contributed by atoms with E-state index in [0.717, 1.165) is 17.5 Å². The lowest BCUT2D eigenvalue weighted by Crippen LogP contribution is -2.25. The van der Waals surface area contributed by atoms with Crippen molar-refractivity contribution in [1.82, 2.24) is 0 Å². The fourth-order valence-electron chi connectivity index (χ4n) is 3.25. The molecule has 0 amide bonds. The maximum absolute atomic E-state index is 6.18. The largest absolute Gasteiger partial charge is 0.381 e. The molecule has 1 nitrogen and oxygen atoms in total. The van der Waals surface area contributed by atoms with Gasteiger partial charge < -0.3 is 5.32 Å². The van der Waals surface area contributed by atoms with E-state index >= 15 is 0 Å². The van der Waals surface area contributed by atoms with Gasteiger partial charge in [-0.05, 0) is 43.2 Å². The van der Waals surface area contributed by atoms with Crippen LogP contribution in [-0.2, 0) is 0 Å². The third-order valence-electron chi connectivity index (χ3n) is 4.09. The summed E-state index contributed by atoms with van der Waals surface area (Å²) in [5, 5.41) is 5.25. The maximum Gasteiger partial charge on any atom is 0.0653 e. The summed E-state index contributed by atoms with van der Waals surface area (Å²) < 4.78 is 0. The van der Waals surface area contributed by atoms with Crippen molar-refractivity contribution in [1.29, 1.82) is 0 Å². The molecular weight excluding hydrogens is 277 g/mol. The summed E-state index contributed by atoms with van der Waals surface area (Å²) in [6.45, 7) is 0. The maximum atomic E-state index is 6.18. The normalized spacial score (nSPS) is 30.9. The third kappa shape index (κ3) is 2.25. The van der Waals surface area contributed by atoms with E-state index in [1.54, 1.807) is 6.07 Å². The molecule has 2 aliphatic rings. The Kier molecular flexibility index (Phi) is 3.18. The molecule has 0 radical (unpaired) electrons. The molecule has 2 fully saturated rings. The Labute approximate surface area is 116 Å². The van der Waals surface area contributed by atoms with Gasteiger partial charge in [-0.15, -0.1) is 0 Å². The van der Waals surface area contributed by atoms with Gasteiger partial charge in [0, 0.05) is 6.04 Å². The number of nitrogens with one attached hydrogen (secondary N) is 1. The molecule has 3 unspecified atom stereocenters. The molecule has 2 aliphatic carbocycles. The number of fused-ring (bicyclic) bond motifs is 2. The molecule has 2 bridgehead atoms. The lowest BCUT2D eigenvalue weighted by Gasteiger charge is -2.24. The van der Waals surface area contributed by atoms with Gasteiger partial charge >= 0.3 is 0 Å². The van der Waals surface area contributed by atoms with Crippen LogP contribution >= 0.6 is 34.8 Å². The number of halogens is 3. The summed E-state index contributed by atoms with van der Waals surface area (Å²) in [7, 11) is 0. The second kappa shape index (κ2) is 4.53. The number of hydrogen-bond acceptors (Lipinski definition) is 1. The molecule has 0 aliphatic heterocycles. The topological polar surface area (TPSA) is 12.0 Å². The molecule has 1 aromatic carbocycles. The van der Waals surface area contributed by atoms with Crippen LogP contribution in [0.1, 0.15) is 25.7 Å². The van der Waals surface area contributed by atoms with E-state index in [-0.39, 0.29) is 0 Å². The van der Waals surface area contributed by atoms with E-state index in [4.69, 9.17) is 34.8 Å². The molecule has 0 saturated heterocycles. The second-order valence-corrected chi connectivity index (χ2v) is 6.39. The van der Waals surface area contributed by atoms with Crippen molar-refractivity contribution in [2.45, 2.75) is 31.7 Å². The van der Waals surface area contributed by atoms with E-state index in [1.807, 2.05) is 6.07 Å². The van der Waals surface area contributed by atoms with Crippen molar-refractivity contribution in [2.75, 3.05) is 5.32 Å². The summed E-state index contributed by atoms with van der Waals surface area (Å²) in [6, 6.07) is 4.10. The van der Waals surface area contributed by atoms with Gasteiger partial charge in [-0.2, -0.15) is 0 Å². The van der Waals surface area contributed by atoms with Crippen LogP contribution in [0.3, 0.4) is 0 Å². The fourth-order valence-corrected chi connectivity index (χ4v) is 3.86. The molecule has 2 saturated carbocycles. The van der Waals surface area contributed by atoms with Crippen LogP contribution in [0.25, 0.3) is 0 Å². The Morgan fingerprint density at radius 3 is 2.35 bits per heavy atom. The monoisotopic (exact) mass is 289 g/mol. The Morgan fingerprint density at radius 1 is 0.941 bits per heavy atom. The average molecular weight is 291 g/mol. The zero-order valence-corrected chi connectivity index (χ0v) is 11.6. The zero-order valence-electron chi connectivity index (χ0n) is 9.35. The van der Waals surface area contributed by atoms with Crippen LogP contribution in [0.4, 0.5) is 5.69 Å². The molecule has 0 aromatic heterocycles. The standard InChI is InChI=1S/C13H14Cl3N/c14-9-5-11(16)13(6-10(9)15)17-12-4-7-1-2-8(12)3-7/h5-8,12,17H,1-4H2. The second-order valence-electron chi connectivity index (χ2n) is 5.17. The highest BCUT2D eigenvalue weighted by Crippen LogP contribution is 2.46. The third-order valence-corrected chi connectivity index (χ3v) is 5.12. The quantitative estimate of drug-likeness (QED) is 0.734. The zero-order chi connectivity index (χ0) is 12.0. The minimum atomic E-state index is 0.509. The van der Waals surface area contributed by atoms with Crippen molar-refractivity contribution < 1.29 is 0 Å². The highest BCUT2D eigenvalue weighted by molar-refractivity contribution is 6.44. The van der Waals surface area contributed by atoms with Crippen molar-refractivity contribution >= 4 is 40.5 Å². The van der Waals surface area contributed by atoms with Crippen LogP contribution in [-0.4, -0.2) is 6.04 Å². The van der Waals surface area contributed by atoms with Crippen molar-refractivity contribution in [3.8, 4) is 0 Å². The van der Waals surface area contributed by atoms with E-state index in [2.05, 4.69) is 5.32 Å². The molecular formula is C13H14Cl3N. The summed E-state index contributed by atoms with van der Waals surface area (Å²) in [5.41, 5.74) is 0.915. The molecule has 3 rings (SSSR count). The van der Waals surface area contributed by atoms with Gasteiger partial charge in [0.05, 0.1) is 20.8 Å². The SMILES string of the molecule is Clc1cc(Cl)c(NC2CC3CCC2C3)cc1Cl. The summed E-state index contributed by atoms with van der Waals surface area (Å²) in [4.78, 5) is 0. The molecule has 3 atom stereocenters. The Hall–Kier alpha value is -0.110. The lowest BCUT2D eigenvalue weighted by molar-refractivity contribution is 0.440. The molecule has 0 heterocycles. The fraction of sp³-hybridized carbons (Fsp3) is 0.538. The van der Waals surface area contributed by atoms with Crippen LogP contribution in [0.5, 0.6) is 0 Å². The van der Waals surface area contributed by atoms with Gasteiger partial charge in [-0.25, -0.2) is 0 Å². The molecule has 1 N–H and O–H groups in total. The lowest BCUT2D eigenvalue weighted by atomic mass is 9.95. The van der Waals surface area contributed by atoms with Crippen molar-refractivity contribution in [3.63, 3.8) is 0 Å². The van der Waals surface area contributed by atoms with E-state index in [1.165, 1.54) is 25.7 Å². The van der Waals surface area contributed by atoms with Gasteiger partial charge in [-0.1, -0.05) is 41.2 Å². The predicted molar refractivity (Wildman–Crippen MR) is 74.3 cm³/mol. The van der Waals surface area contributed by atoms with E-state index in [9.17, 15) is 0 Å². The highest BCUT2D eigenvalue weighted by Gasteiger charge is 2.39. The number of hydrogen-bond donors (Lipinski definition) is 1. The summed E-state index contributed by atoms with van der Waals surface area (Å²) in [5.74, 6) is 1.73. The highest BCUT2D eigenvalue weighted by atomic mass is 35.5. The average Bonchev–Trinajstić information content (AvgIpc) is 2.87. The van der Waals surface area contributed by atoms with E-state index in [0.29, 0.717) is 21.1 Å². The van der Waals surface area contributed by atoms with Gasteiger partial charge in [-0.3, -0.25) is 0 Å². The predicted octanol–water partition coefficient (Wildman–Crippen LogP) is 5.25. The molecule has 92 valence electrons. The van der Waals surface area contributed by atoms with Gasteiger partial charge in [0.25, 0.3) is 0 Å². The number of benzene rings is 1. The van der Waals surface area contributed by atoms with Crippen LogP contribution < -0.4 is 5.32 Å². The smallest absolute Gasteiger partial charge is 0.0653 e. The first kappa shape index (κ1) is 12.0. The molecule has 1 aromatic rings. The first-order chi connectivity index (χ1) is 8.13. The molecule has 4 heteroatoms. The van der Waals surface area contributed by atoms with E-state index < -0.39 is 0 Å². The molecule has 0 spiro atoms. The molecule has 17 heavy (non-hydrogen) atoms. The first-order valence-electron chi connectivity index (χ1n) is 6.04. The number of rotatable bonds is 2. The van der Waals surface area contributed by atoms with Crippen LogP contribution in [0.2, 0.25) is 15.1 Å². The number of anilines is 1. The first-order valence-corrected chi connectivity index (χ1v) is 7.18. The van der Waals surface area contributed by atoms with Crippen molar-refractivity contribution in [3.05, 3.63) is 27.2 Å². The minimum Gasteiger partial charge on any atom is -0.381 e. The Balaban J connectivity index is 1.79. The minimum absolute atomic E-state index is 0.509. The summed E-state index contributed by atoms with van der Waals surface area (Å²) in [6.07, 6.45) is 5.39. The van der Waals surface area contributed by atoms with Gasteiger partial charge in [0.15, 0.2) is 0 Å². The van der Waals surface area contributed by atoms with Crippen LogP contribution in [0, 0.1) is 11.8 Å².